The summed E-state index contributed by atoms with van der Waals surface area (Å²) in [5.41, 5.74) is 0. The van der Waals surface area contributed by atoms with Crippen LogP contribution in [-0.4, -0.2) is 35.7 Å². The first-order chi connectivity index (χ1) is 7.77. The number of nitrogens with zero attached hydrogens (tertiary/aromatic N) is 2. The van der Waals surface area contributed by atoms with E-state index < -0.39 is 0 Å². The Kier molecular flexibility index (Phi) is 3.51. The van der Waals surface area contributed by atoms with Crippen LogP contribution in [-0.2, 0) is 11.2 Å². The van der Waals surface area contributed by atoms with Crippen LogP contribution in [0.3, 0.4) is 0 Å². The second-order valence-corrected chi connectivity index (χ2v) is 4.12. The van der Waals surface area contributed by atoms with Crippen LogP contribution in [0.15, 0.2) is 10.9 Å². The predicted octanol–water partition coefficient (Wildman–Crippen LogP) is -0.416. The van der Waals surface area contributed by atoms with Crippen LogP contribution in [0.25, 0.3) is 0 Å². The van der Waals surface area contributed by atoms with E-state index >= 15 is 0 Å². The fraction of sp³-hybridized carbons (Fsp3) is 0.700. The summed E-state index contributed by atoms with van der Waals surface area (Å²) in [5.74, 6) is 1.15. The molecule has 0 spiro atoms. The molecule has 0 unspecified atom stereocenters. The van der Waals surface area contributed by atoms with Crippen molar-refractivity contribution in [2.24, 2.45) is 11.8 Å². The third-order valence-electron chi connectivity index (χ3n) is 2.90. The summed E-state index contributed by atoms with van der Waals surface area (Å²) in [4.78, 5) is 15.7. The standard InChI is InChI=1S/C10H16N4O2/c1-7-4-11-5-8(7)10(15)12-3-2-9-13-6-14-16-9/h6-8,11H,2-5H2,1H3,(H,12,15)/t7-,8-/m1/s1. The molecule has 1 aliphatic rings. The van der Waals surface area contributed by atoms with E-state index in [0.717, 1.165) is 13.1 Å². The van der Waals surface area contributed by atoms with E-state index in [1.807, 2.05) is 0 Å². The summed E-state index contributed by atoms with van der Waals surface area (Å²) in [5, 5.41) is 9.59. The molecule has 2 heterocycles. The van der Waals surface area contributed by atoms with Crippen LogP contribution in [0.2, 0.25) is 0 Å². The summed E-state index contributed by atoms with van der Waals surface area (Å²) in [7, 11) is 0. The molecular formula is C10H16N4O2. The first-order valence-electron chi connectivity index (χ1n) is 5.51. The molecule has 0 aliphatic carbocycles. The van der Waals surface area contributed by atoms with Crippen molar-refractivity contribution in [3.05, 3.63) is 12.2 Å². The van der Waals surface area contributed by atoms with E-state index in [9.17, 15) is 4.79 Å². The number of hydrogen-bond donors (Lipinski definition) is 2. The van der Waals surface area contributed by atoms with Gasteiger partial charge in [-0.3, -0.25) is 4.79 Å². The number of hydrogen-bond acceptors (Lipinski definition) is 5. The van der Waals surface area contributed by atoms with E-state index in [1.54, 1.807) is 0 Å². The number of amides is 1. The molecule has 0 aromatic carbocycles. The minimum Gasteiger partial charge on any atom is -0.355 e. The summed E-state index contributed by atoms with van der Waals surface area (Å²) in [6.07, 6.45) is 1.94. The van der Waals surface area contributed by atoms with Gasteiger partial charge in [0.05, 0.1) is 5.92 Å². The Bertz CT molecular complexity index is 339. The Morgan fingerprint density at radius 3 is 3.19 bits per heavy atom. The van der Waals surface area contributed by atoms with Crippen molar-refractivity contribution >= 4 is 5.91 Å². The van der Waals surface area contributed by atoms with E-state index in [-0.39, 0.29) is 11.8 Å². The van der Waals surface area contributed by atoms with Crippen LogP contribution >= 0.6 is 0 Å². The van der Waals surface area contributed by atoms with Crippen LogP contribution in [0.4, 0.5) is 0 Å². The molecule has 2 atom stereocenters. The Balaban J connectivity index is 1.71. The van der Waals surface area contributed by atoms with Crippen molar-refractivity contribution < 1.29 is 9.32 Å². The van der Waals surface area contributed by atoms with Crippen molar-refractivity contribution in [2.45, 2.75) is 13.3 Å². The molecule has 1 fully saturated rings. The van der Waals surface area contributed by atoms with Crippen LogP contribution < -0.4 is 10.6 Å². The Morgan fingerprint density at radius 2 is 2.56 bits per heavy atom. The number of carbonyl (C=O) groups excluding carboxylic acids is 1. The Hall–Kier alpha value is -1.43. The summed E-state index contributed by atoms with van der Waals surface area (Å²) in [6.45, 7) is 4.32. The van der Waals surface area contributed by atoms with Crippen LogP contribution in [0.1, 0.15) is 12.8 Å². The van der Waals surface area contributed by atoms with Crippen molar-refractivity contribution in [1.82, 2.24) is 20.8 Å². The van der Waals surface area contributed by atoms with Gasteiger partial charge in [0.15, 0.2) is 6.33 Å². The molecule has 2 rings (SSSR count). The molecule has 16 heavy (non-hydrogen) atoms. The highest BCUT2D eigenvalue weighted by Crippen LogP contribution is 2.15. The summed E-state index contributed by atoms with van der Waals surface area (Å²) < 4.78 is 4.84. The zero-order chi connectivity index (χ0) is 11.4. The fourth-order valence-corrected chi connectivity index (χ4v) is 1.89. The molecule has 0 bridgehead atoms. The maximum atomic E-state index is 11.8. The summed E-state index contributed by atoms with van der Waals surface area (Å²) in [6, 6.07) is 0. The smallest absolute Gasteiger partial charge is 0.228 e. The third-order valence-corrected chi connectivity index (χ3v) is 2.90. The van der Waals surface area contributed by atoms with Crippen molar-refractivity contribution in [2.75, 3.05) is 19.6 Å². The average Bonchev–Trinajstić information content (AvgIpc) is 2.88. The number of aromatic nitrogens is 2. The van der Waals surface area contributed by atoms with E-state index in [2.05, 4.69) is 27.7 Å². The fourth-order valence-electron chi connectivity index (χ4n) is 1.89. The maximum absolute atomic E-state index is 11.8. The van der Waals surface area contributed by atoms with Crippen LogP contribution in [0, 0.1) is 11.8 Å². The van der Waals surface area contributed by atoms with Gasteiger partial charge in [-0.05, 0) is 12.5 Å². The highest BCUT2D eigenvalue weighted by atomic mass is 16.5. The quantitative estimate of drug-likeness (QED) is 0.726. The SMILES string of the molecule is C[C@@H]1CNC[C@H]1C(=O)NCCc1ncno1. The van der Waals surface area contributed by atoms with Gasteiger partial charge in [0.1, 0.15) is 0 Å². The first kappa shape index (κ1) is 11.1. The van der Waals surface area contributed by atoms with Gasteiger partial charge >= 0.3 is 0 Å². The van der Waals surface area contributed by atoms with Gasteiger partial charge in [0.2, 0.25) is 11.8 Å². The molecule has 1 aromatic heterocycles. The molecule has 1 aliphatic heterocycles. The topological polar surface area (TPSA) is 80.0 Å². The molecule has 1 aromatic rings. The van der Waals surface area contributed by atoms with Gasteiger partial charge in [-0.25, -0.2) is 0 Å². The van der Waals surface area contributed by atoms with Gasteiger partial charge < -0.3 is 15.2 Å². The van der Waals surface area contributed by atoms with Crippen molar-refractivity contribution in [1.29, 1.82) is 0 Å². The van der Waals surface area contributed by atoms with Gasteiger partial charge in [0, 0.05) is 19.5 Å². The maximum Gasteiger partial charge on any atom is 0.228 e. The highest BCUT2D eigenvalue weighted by molar-refractivity contribution is 5.79. The molecule has 0 saturated carbocycles. The molecule has 6 nitrogen and oxygen atoms in total. The molecule has 2 N–H and O–H groups in total. The van der Waals surface area contributed by atoms with Crippen LogP contribution in [0.5, 0.6) is 0 Å². The lowest BCUT2D eigenvalue weighted by Gasteiger charge is -2.13. The first-order valence-corrected chi connectivity index (χ1v) is 5.51. The van der Waals surface area contributed by atoms with E-state index in [1.165, 1.54) is 6.33 Å². The molecule has 88 valence electrons. The third kappa shape index (κ3) is 2.57. The molecular weight excluding hydrogens is 208 g/mol. The lowest BCUT2D eigenvalue weighted by molar-refractivity contribution is -0.125. The van der Waals surface area contributed by atoms with Gasteiger partial charge in [-0.2, -0.15) is 4.98 Å². The number of carbonyl (C=O) groups is 1. The number of rotatable bonds is 4. The molecule has 0 radical (unpaired) electrons. The largest absolute Gasteiger partial charge is 0.355 e. The molecule has 1 amide bonds. The lowest BCUT2D eigenvalue weighted by Crippen LogP contribution is -2.35. The highest BCUT2D eigenvalue weighted by Gasteiger charge is 2.29. The Labute approximate surface area is 93.8 Å². The molecule has 6 heteroatoms. The van der Waals surface area contributed by atoms with Crippen molar-refractivity contribution in [3.8, 4) is 0 Å². The second kappa shape index (κ2) is 5.07. The van der Waals surface area contributed by atoms with Crippen molar-refractivity contribution in [3.63, 3.8) is 0 Å². The zero-order valence-electron chi connectivity index (χ0n) is 9.27. The average molecular weight is 224 g/mol. The number of nitrogens with one attached hydrogen (secondary N) is 2. The van der Waals surface area contributed by atoms with E-state index in [0.29, 0.717) is 24.8 Å². The minimum absolute atomic E-state index is 0.0858. The second-order valence-electron chi connectivity index (χ2n) is 4.12. The lowest BCUT2D eigenvalue weighted by atomic mass is 9.97. The molecule has 1 saturated heterocycles. The van der Waals surface area contributed by atoms with Gasteiger partial charge in [-0.15, -0.1) is 0 Å². The normalized spacial score (nSPS) is 24.6. The minimum atomic E-state index is 0.0858. The Morgan fingerprint density at radius 1 is 1.69 bits per heavy atom. The monoisotopic (exact) mass is 224 g/mol. The predicted molar refractivity (Wildman–Crippen MR) is 56.5 cm³/mol. The zero-order valence-corrected chi connectivity index (χ0v) is 9.27. The van der Waals surface area contributed by atoms with Gasteiger partial charge in [0.25, 0.3) is 0 Å². The van der Waals surface area contributed by atoms with E-state index in [4.69, 9.17) is 4.52 Å². The summed E-state index contributed by atoms with van der Waals surface area (Å²) >= 11 is 0. The van der Waals surface area contributed by atoms with Gasteiger partial charge in [-0.1, -0.05) is 12.1 Å².